The van der Waals surface area contributed by atoms with Crippen LogP contribution in [-0.2, 0) is 4.79 Å². The Morgan fingerprint density at radius 2 is 1.94 bits per heavy atom. The third-order valence-corrected chi connectivity index (χ3v) is 2.87. The zero-order chi connectivity index (χ0) is 13.8. The quantitative estimate of drug-likeness (QED) is 0.814. The Bertz CT molecular complexity index is 392. The van der Waals surface area contributed by atoms with Crippen LogP contribution in [0.25, 0.3) is 0 Å². The molecular weight excluding hydrogens is 230 g/mol. The van der Waals surface area contributed by atoms with Crippen molar-refractivity contribution >= 4 is 5.97 Å². The number of aliphatic carboxylic acids is 1. The van der Waals surface area contributed by atoms with Crippen LogP contribution < -0.4 is 10.5 Å². The Labute approximate surface area is 108 Å². The molecule has 0 fully saturated rings. The van der Waals surface area contributed by atoms with Crippen molar-refractivity contribution in [2.24, 2.45) is 5.73 Å². The van der Waals surface area contributed by atoms with Crippen LogP contribution >= 0.6 is 0 Å². The van der Waals surface area contributed by atoms with Crippen LogP contribution in [0.15, 0.2) is 24.3 Å². The van der Waals surface area contributed by atoms with Gasteiger partial charge < -0.3 is 15.6 Å². The molecule has 4 heteroatoms. The lowest BCUT2D eigenvalue weighted by Crippen LogP contribution is -2.40. The Morgan fingerprint density at radius 3 is 2.33 bits per heavy atom. The summed E-state index contributed by atoms with van der Waals surface area (Å²) in [5.74, 6) is -0.275. The van der Waals surface area contributed by atoms with Gasteiger partial charge in [0.25, 0.3) is 0 Å². The molecule has 0 aliphatic carbocycles. The second-order valence-electron chi connectivity index (χ2n) is 4.97. The van der Waals surface area contributed by atoms with Crippen molar-refractivity contribution in [1.82, 2.24) is 0 Å². The molecule has 0 aromatic heterocycles. The van der Waals surface area contributed by atoms with Crippen LogP contribution in [0.1, 0.15) is 38.7 Å². The van der Waals surface area contributed by atoms with Gasteiger partial charge in [-0.1, -0.05) is 12.1 Å². The fourth-order valence-electron chi connectivity index (χ4n) is 1.95. The van der Waals surface area contributed by atoms with E-state index in [2.05, 4.69) is 0 Å². The topological polar surface area (TPSA) is 72.5 Å². The molecular formula is C14H21NO3. The summed E-state index contributed by atoms with van der Waals surface area (Å²) in [5, 5.41) is 8.97. The van der Waals surface area contributed by atoms with Gasteiger partial charge in [0.05, 0.1) is 13.0 Å². The first-order valence-electron chi connectivity index (χ1n) is 6.08. The van der Waals surface area contributed by atoms with Crippen molar-refractivity contribution in [2.45, 2.75) is 38.6 Å². The third kappa shape index (κ3) is 4.04. The van der Waals surface area contributed by atoms with Gasteiger partial charge in [-0.15, -0.1) is 0 Å². The van der Waals surface area contributed by atoms with Gasteiger partial charge in [0.15, 0.2) is 0 Å². The van der Waals surface area contributed by atoms with E-state index in [9.17, 15) is 4.79 Å². The molecule has 0 amide bonds. The van der Waals surface area contributed by atoms with E-state index >= 15 is 0 Å². The summed E-state index contributed by atoms with van der Waals surface area (Å²) in [7, 11) is 0. The molecule has 1 unspecified atom stereocenters. The van der Waals surface area contributed by atoms with E-state index in [4.69, 9.17) is 15.6 Å². The van der Waals surface area contributed by atoms with E-state index in [1.54, 1.807) is 0 Å². The predicted molar refractivity (Wildman–Crippen MR) is 70.9 cm³/mol. The molecule has 0 bridgehead atoms. The van der Waals surface area contributed by atoms with E-state index in [1.807, 2.05) is 45.0 Å². The molecule has 0 saturated heterocycles. The van der Waals surface area contributed by atoms with Gasteiger partial charge >= 0.3 is 5.97 Å². The number of rotatable bonds is 6. The molecule has 4 nitrogen and oxygen atoms in total. The zero-order valence-corrected chi connectivity index (χ0v) is 11.1. The molecule has 1 atom stereocenters. The average Bonchev–Trinajstić information content (AvgIpc) is 2.26. The van der Waals surface area contributed by atoms with Crippen LogP contribution in [0.3, 0.4) is 0 Å². The molecule has 1 aromatic rings. The third-order valence-electron chi connectivity index (χ3n) is 2.87. The zero-order valence-electron chi connectivity index (χ0n) is 11.1. The molecule has 0 saturated carbocycles. The molecule has 1 rings (SSSR count). The van der Waals surface area contributed by atoms with Crippen LogP contribution in [0, 0.1) is 0 Å². The molecule has 100 valence electrons. The van der Waals surface area contributed by atoms with E-state index in [0.717, 1.165) is 11.3 Å². The predicted octanol–water partition coefficient (Wildman–Crippen LogP) is 2.38. The van der Waals surface area contributed by atoms with E-state index in [1.165, 1.54) is 0 Å². The molecule has 3 N–H and O–H groups in total. The van der Waals surface area contributed by atoms with Crippen molar-refractivity contribution in [3.05, 3.63) is 29.8 Å². The van der Waals surface area contributed by atoms with Gasteiger partial charge in [0, 0.05) is 11.5 Å². The maximum Gasteiger partial charge on any atom is 0.304 e. The Hall–Kier alpha value is -1.55. The number of hydrogen-bond donors (Lipinski definition) is 2. The molecule has 0 radical (unpaired) electrons. The largest absolute Gasteiger partial charge is 0.494 e. The fraction of sp³-hybridized carbons (Fsp3) is 0.500. The first-order valence-corrected chi connectivity index (χ1v) is 6.08. The monoisotopic (exact) mass is 251 g/mol. The lowest BCUT2D eigenvalue weighted by Gasteiger charge is -2.30. The minimum Gasteiger partial charge on any atom is -0.494 e. The van der Waals surface area contributed by atoms with Gasteiger partial charge in [0.2, 0.25) is 0 Å². The molecule has 1 aromatic carbocycles. The fourth-order valence-corrected chi connectivity index (χ4v) is 1.95. The first-order chi connectivity index (χ1) is 8.34. The summed E-state index contributed by atoms with van der Waals surface area (Å²) in [6, 6.07) is 7.46. The highest BCUT2D eigenvalue weighted by atomic mass is 16.5. The van der Waals surface area contributed by atoms with Crippen molar-refractivity contribution in [3.8, 4) is 5.75 Å². The van der Waals surface area contributed by atoms with Gasteiger partial charge in [0.1, 0.15) is 5.75 Å². The SMILES string of the molecule is CCOc1ccc(C(CC(=O)O)C(C)(C)N)cc1. The number of carboxylic acid groups (broad SMARTS) is 1. The van der Waals surface area contributed by atoms with Crippen molar-refractivity contribution < 1.29 is 14.6 Å². The minimum atomic E-state index is -0.840. The summed E-state index contributed by atoms with van der Waals surface area (Å²) in [6.45, 7) is 6.22. The van der Waals surface area contributed by atoms with Crippen LogP contribution in [0.2, 0.25) is 0 Å². The van der Waals surface area contributed by atoms with Crippen LogP contribution in [-0.4, -0.2) is 23.2 Å². The summed E-state index contributed by atoms with van der Waals surface area (Å²) in [5.41, 5.74) is 6.41. The summed E-state index contributed by atoms with van der Waals surface area (Å²) in [6.07, 6.45) is 0.0253. The molecule has 0 heterocycles. The summed E-state index contributed by atoms with van der Waals surface area (Å²) in [4.78, 5) is 10.9. The highest BCUT2D eigenvalue weighted by molar-refractivity contribution is 5.68. The van der Waals surface area contributed by atoms with E-state index in [-0.39, 0.29) is 12.3 Å². The maximum atomic E-state index is 10.9. The lowest BCUT2D eigenvalue weighted by molar-refractivity contribution is -0.137. The number of benzene rings is 1. The van der Waals surface area contributed by atoms with E-state index in [0.29, 0.717) is 6.61 Å². The van der Waals surface area contributed by atoms with Gasteiger partial charge in [-0.3, -0.25) is 4.79 Å². The van der Waals surface area contributed by atoms with Crippen LogP contribution in [0.4, 0.5) is 0 Å². The number of hydrogen-bond acceptors (Lipinski definition) is 3. The number of nitrogens with two attached hydrogens (primary N) is 1. The first kappa shape index (κ1) is 14.5. The molecule has 0 aliphatic heterocycles. The van der Waals surface area contributed by atoms with Gasteiger partial charge in [-0.25, -0.2) is 0 Å². The van der Waals surface area contributed by atoms with Gasteiger partial charge in [-0.2, -0.15) is 0 Å². The molecule has 0 aliphatic rings. The second-order valence-corrected chi connectivity index (χ2v) is 4.97. The Morgan fingerprint density at radius 1 is 1.39 bits per heavy atom. The van der Waals surface area contributed by atoms with Gasteiger partial charge in [-0.05, 0) is 38.5 Å². The van der Waals surface area contributed by atoms with E-state index < -0.39 is 11.5 Å². The lowest BCUT2D eigenvalue weighted by atomic mass is 9.80. The second kappa shape index (κ2) is 5.87. The highest BCUT2D eigenvalue weighted by Crippen LogP contribution is 2.30. The highest BCUT2D eigenvalue weighted by Gasteiger charge is 2.28. The number of carbonyl (C=O) groups is 1. The number of carboxylic acids is 1. The van der Waals surface area contributed by atoms with Crippen molar-refractivity contribution in [1.29, 1.82) is 0 Å². The Kier molecular flexibility index (Phi) is 4.73. The smallest absolute Gasteiger partial charge is 0.304 e. The summed E-state index contributed by atoms with van der Waals surface area (Å²) >= 11 is 0. The van der Waals surface area contributed by atoms with Crippen LogP contribution in [0.5, 0.6) is 5.75 Å². The molecule has 0 spiro atoms. The standard InChI is InChI=1S/C14H21NO3/c1-4-18-11-7-5-10(6-8-11)12(9-13(16)17)14(2,3)15/h5-8,12H,4,9,15H2,1-3H3,(H,16,17). The Balaban J connectivity index is 2.95. The molecule has 18 heavy (non-hydrogen) atoms. The number of ether oxygens (including phenoxy) is 1. The summed E-state index contributed by atoms with van der Waals surface area (Å²) < 4.78 is 5.36. The average molecular weight is 251 g/mol. The maximum absolute atomic E-state index is 10.9. The van der Waals surface area contributed by atoms with Crippen molar-refractivity contribution in [3.63, 3.8) is 0 Å². The van der Waals surface area contributed by atoms with Crippen molar-refractivity contribution in [2.75, 3.05) is 6.61 Å². The minimum absolute atomic E-state index is 0.0253. The normalized spacial score (nSPS) is 13.1.